The molecule has 0 aliphatic heterocycles. The van der Waals surface area contributed by atoms with Gasteiger partial charge in [0.1, 0.15) is 5.75 Å². The fourth-order valence-corrected chi connectivity index (χ4v) is 2.47. The predicted octanol–water partition coefficient (Wildman–Crippen LogP) is 2.90. The lowest BCUT2D eigenvalue weighted by atomic mass is 10.0. The van der Waals surface area contributed by atoms with Gasteiger partial charge in [-0.3, -0.25) is 0 Å². The molecule has 1 aromatic heterocycles. The maximum atomic E-state index is 9.97. The zero-order valence-corrected chi connectivity index (χ0v) is 10.6. The molecule has 0 saturated carbocycles. The van der Waals surface area contributed by atoms with Gasteiger partial charge in [-0.05, 0) is 52.9 Å². The second kappa shape index (κ2) is 5.84. The van der Waals surface area contributed by atoms with E-state index in [9.17, 15) is 5.11 Å². The van der Waals surface area contributed by atoms with Crippen LogP contribution in [0.4, 0.5) is 0 Å². The highest BCUT2D eigenvalue weighted by Crippen LogP contribution is 2.15. The van der Waals surface area contributed by atoms with Crippen LogP contribution < -0.4 is 4.74 Å². The molecule has 1 unspecified atom stereocenters. The standard InChI is InChI=1S/C14H16O2S/c1-16-14-4-2-11(3-5-14)8-13(15)9-12-6-7-17-10-12/h2-7,10,13,15H,8-9H2,1H3. The second-order valence-electron chi connectivity index (χ2n) is 4.04. The molecule has 0 fully saturated rings. The summed E-state index contributed by atoms with van der Waals surface area (Å²) in [6, 6.07) is 9.90. The highest BCUT2D eigenvalue weighted by molar-refractivity contribution is 7.07. The van der Waals surface area contributed by atoms with Crippen LogP contribution in [0.25, 0.3) is 0 Å². The van der Waals surface area contributed by atoms with E-state index < -0.39 is 0 Å². The number of thiophene rings is 1. The third-order valence-electron chi connectivity index (χ3n) is 2.68. The summed E-state index contributed by atoms with van der Waals surface area (Å²) in [7, 11) is 1.65. The fourth-order valence-electron chi connectivity index (χ4n) is 1.79. The minimum Gasteiger partial charge on any atom is -0.497 e. The quantitative estimate of drug-likeness (QED) is 0.881. The molecule has 0 bridgehead atoms. The monoisotopic (exact) mass is 248 g/mol. The fraction of sp³-hybridized carbons (Fsp3) is 0.286. The van der Waals surface area contributed by atoms with Crippen LogP contribution >= 0.6 is 11.3 Å². The van der Waals surface area contributed by atoms with E-state index in [1.807, 2.05) is 29.6 Å². The van der Waals surface area contributed by atoms with Crippen molar-refractivity contribution in [2.75, 3.05) is 7.11 Å². The Balaban J connectivity index is 1.91. The number of aliphatic hydroxyl groups excluding tert-OH is 1. The van der Waals surface area contributed by atoms with Crippen molar-refractivity contribution in [2.24, 2.45) is 0 Å². The van der Waals surface area contributed by atoms with Crippen molar-refractivity contribution < 1.29 is 9.84 Å². The maximum absolute atomic E-state index is 9.97. The number of hydrogen-bond acceptors (Lipinski definition) is 3. The minimum atomic E-state index is -0.321. The Morgan fingerprint density at radius 1 is 1.12 bits per heavy atom. The number of rotatable bonds is 5. The molecule has 0 saturated heterocycles. The first kappa shape index (κ1) is 12.1. The van der Waals surface area contributed by atoms with Crippen molar-refractivity contribution in [2.45, 2.75) is 18.9 Å². The van der Waals surface area contributed by atoms with Crippen molar-refractivity contribution in [3.63, 3.8) is 0 Å². The van der Waals surface area contributed by atoms with E-state index in [0.717, 1.165) is 17.7 Å². The van der Waals surface area contributed by atoms with Crippen molar-refractivity contribution in [1.82, 2.24) is 0 Å². The number of aliphatic hydroxyl groups is 1. The first-order chi connectivity index (χ1) is 8.28. The van der Waals surface area contributed by atoms with Gasteiger partial charge in [-0.1, -0.05) is 12.1 Å². The molecule has 0 aliphatic carbocycles. The van der Waals surface area contributed by atoms with Crippen molar-refractivity contribution in [1.29, 1.82) is 0 Å². The summed E-state index contributed by atoms with van der Waals surface area (Å²) in [6.45, 7) is 0. The smallest absolute Gasteiger partial charge is 0.118 e. The number of ether oxygens (including phenoxy) is 1. The lowest BCUT2D eigenvalue weighted by Gasteiger charge is -2.10. The molecule has 0 radical (unpaired) electrons. The molecule has 17 heavy (non-hydrogen) atoms. The Morgan fingerprint density at radius 3 is 2.41 bits per heavy atom. The van der Waals surface area contributed by atoms with E-state index in [1.165, 1.54) is 5.56 Å². The highest BCUT2D eigenvalue weighted by atomic mass is 32.1. The van der Waals surface area contributed by atoms with Gasteiger partial charge < -0.3 is 9.84 Å². The first-order valence-corrected chi connectivity index (χ1v) is 6.54. The Labute approximate surface area is 105 Å². The van der Waals surface area contributed by atoms with Crippen molar-refractivity contribution in [3.8, 4) is 5.75 Å². The zero-order chi connectivity index (χ0) is 12.1. The third-order valence-corrected chi connectivity index (χ3v) is 3.41. The van der Waals surface area contributed by atoms with Gasteiger partial charge in [-0.25, -0.2) is 0 Å². The average Bonchev–Trinajstić information content (AvgIpc) is 2.82. The molecular formula is C14H16O2S. The van der Waals surface area contributed by atoms with Crippen LogP contribution in [-0.2, 0) is 12.8 Å². The molecule has 2 rings (SSSR count). The van der Waals surface area contributed by atoms with Crippen LogP contribution in [0, 0.1) is 0 Å². The molecule has 2 aromatic rings. The van der Waals surface area contributed by atoms with Gasteiger partial charge in [0, 0.05) is 0 Å². The van der Waals surface area contributed by atoms with E-state index in [4.69, 9.17) is 4.74 Å². The second-order valence-corrected chi connectivity index (χ2v) is 4.82. The third kappa shape index (κ3) is 3.58. The Bertz CT molecular complexity index is 434. The summed E-state index contributed by atoms with van der Waals surface area (Å²) in [5.41, 5.74) is 2.34. The summed E-state index contributed by atoms with van der Waals surface area (Å²) in [5.74, 6) is 0.848. The highest BCUT2D eigenvalue weighted by Gasteiger charge is 2.07. The van der Waals surface area contributed by atoms with E-state index in [0.29, 0.717) is 6.42 Å². The van der Waals surface area contributed by atoms with E-state index in [-0.39, 0.29) is 6.10 Å². The van der Waals surface area contributed by atoms with Gasteiger partial charge in [0.2, 0.25) is 0 Å². The molecule has 0 amide bonds. The molecular weight excluding hydrogens is 232 g/mol. The normalized spacial score (nSPS) is 12.4. The van der Waals surface area contributed by atoms with Crippen LogP contribution in [-0.4, -0.2) is 18.3 Å². The van der Waals surface area contributed by atoms with Crippen LogP contribution in [0.15, 0.2) is 41.1 Å². The van der Waals surface area contributed by atoms with E-state index in [2.05, 4.69) is 11.4 Å². The van der Waals surface area contributed by atoms with Gasteiger partial charge in [-0.15, -0.1) is 0 Å². The lowest BCUT2D eigenvalue weighted by molar-refractivity contribution is 0.175. The summed E-state index contributed by atoms with van der Waals surface area (Å²) in [4.78, 5) is 0. The molecule has 0 spiro atoms. The van der Waals surface area contributed by atoms with Crippen molar-refractivity contribution >= 4 is 11.3 Å². The van der Waals surface area contributed by atoms with Gasteiger partial charge in [-0.2, -0.15) is 11.3 Å². The predicted molar refractivity (Wildman–Crippen MR) is 70.7 cm³/mol. The summed E-state index contributed by atoms with van der Waals surface area (Å²) >= 11 is 1.67. The van der Waals surface area contributed by atoms with E-state index in [1.54, 1.807) is 18.4 Å². The lowest BCUT2D eigenvalue weighted by Crippen LogP contribution is -2.13. The molecule has 0 aliphatic rings. The molecule has 1 N–H and O–H groups in total. The van der Waals surface area contributed by atoms with Gasteiger partial charge in [0.25, 0.3) is 0 Å². The molecule has 90 valence electrons. The van der Waals surface area contributed by atoms with Gasteiger partial charge >= 0.3 is 0 Å². The average molecular weight is 248 g/mol. The van der Waals surface area contributed by atoms with Crippen LogP contribution in [0.1, 0.15) is 11.1 Å². The minimum absolute atomic E-state index is 0.321. The summed E-state index contributed by atoms with van der Waals surface area (Å²) in [5, 5.41) is 14.1. The first-order valence-electron chi connectivity index (χ1n) is 5.60. The van der Waals surface area contributed by atoms with Crippen LogP contribution in [0.5, 0.6) is 5.75 Å². The molecule has 2 nitrogen and oxygen atoms in total. The van der Waals surface area contributed by atoms with Gasteiger partial charge in [0.15, 0.2) is 0 Å². The Kier molecular flexibility index (Phi) is 4.18. The molecule has 1 aromatic carbocycles. The van der Waals surface area contributed by atoms with E-state index >= 15 is 0 Å². The molecule has 1 heterocycles. The topological polar surface area (TPSA) is 29.5 Å². The van der Waals surface area contributed by atoms with Crippen molar-refractivity contribution in [3.05, 3.63) is 52.2 Å². The van der Waals surface area contributed by atoms with Crippen LogP contribution in [0.3, 0.4) is 0 Å². The maximum Gasteiger partial charge on any atom is 0.118 e. The van der Waals surface area contributed by atoms with Gasteiger partial charge in [0.05, 0.1) is 13.2 Å². The summed E-state index contributed by atoms with van der Waals surface area (Å²) in [6.07, 6.45) is 1.08. The number of methoxy groups -OCH3 is 1. The number of hydrogen-bond donors (Lipinski definition) is 1. The summed E-state index contributed by atoms with van der Waals surface area (Å²) < 4.78 is 5.10. The number of benzene rings is 1. The largest absolute Gasteiger partial charge is 0.497 e. The SMILES string of the molecule is COc1ccc(CC(O)Cc2ccsc2)cc1. The Hall–Kier alpha value is -1.32. The zero-order valence-electron chi connectivity index (χ0n) is 9.80. The molecule has 3 heteroatoms. The van der Waals surface area contributed by atoms with Crippen LogP contribution in [0.2, 0.25) is 0 Å². The molecule has 1 atom stereocenters. The Morgan fingerprint density at radius 2 is 1.82 bits per heavy atom.